The molecule has 3 heterocycles. The van der Waals surface area contributed by atoms with Crippen molar-refractivity contribution in [2.24, 2.45) is 11.1 Å². The number of nitrogens with two attached hydrogens (primary N) is 1. The van der Waals surface area contributed by atoms with Crippen molar-refractivity contribution >= 4 is 23.1 Å². The number of hydrogen-bond donors (Lipinski definition) is 3. The van der Waals surface area contributed by atoms with E-state index in [4.69, 9.17) is 15.2 Å². The van der Waals surface area contributed by atoms with Gasteiger partial charge in [0.05, 0.1) is 19.6 Å². The Labute approximate surface area is 315 Å². The average molecular weight is 747 g/mol. The minimum Gasteiger partial charge on any atom is -0.434 e. The lowest BCUT2D eigenvalue weighted by Crippen LogP contribution is -2.39. The summed E-state index contributed by atoms with van der Waals surface area (Å²) >= 11 is 0. The molecule has 4 aromatic rings. The lowest BCUT2D eigenvalue weighted by atomic mass is 9.88. The second-order valence-electron chi connectivity index (χ2n) is 15.2. The molecule has 0 aliphatic carbocycles. The van der Waals surface area contributed by atoms with Crippen molar-refractivity contribution in [1.82, 2.24) is 29.7 Å². The largest absolute Gasteiger partial charge is 0.434 e. The van der Waals surface area contributed by atoms with Gasteiger partial charge in [0.25, 0.3) is 0 Å². The van der Waals surface area contributed by atoms with E-state index in [1.165, 1.54) is 48.3 Å². The van der Waals surface area contributed by atoms with Gasteiger partial charge in [-0.3, -0.25) is 15.0 Å². The van der Waals surface area contributed by atoms with E-state index in [1.54, 1.807) is 4.52 Å². The van der Waals surface area contributed by atoms with Crippen LogP contribution in [-0.2, 0) is 28.9 Å². The predicted octanol–water partition coefficient (Wildman–Crippen LogP) is 6.10. The molecule has 3 amide bonds. The van der Waals surface area contributed by atoms with Gasteiger partial charge in [-0.2, -0.15) is 10.1 Å². The fraction of sp³-hybridized carbons (Fsp3) is 0.450. The molecule has 0 radical (unpaired) electrons. The Balaban J connectivity index is 1.24. The molecule has 0 atom stereocenters. The van der Waals surface area contributed by atoms with Crippen LogP contribution in [0.2, 0.25) is 0 Å². The SMILES string of the molecule is C=C(CN(C)CCOCCc1cc(CN2CCC(N)CC2)c2c(Oc3ccc(NC(=O)NC(=O)Cc4ccc(F)cc4)cc3F)ncnn12)CC(C)(C)C. The van der Waals surface area contributed by atoms with Crippen LogP contribution in [0.5, 0.6) is 11.6 Å². The van der Waals surface area contributed by atoms with Crippen LogP contribution in [0.4, 0.5) is 19.3 Å². The quantitative estimate of drug-likeness (QED) is 0.0918. The number of carbonyl (C=O) groups excluding carboxylic acids is 2. The van der Waals surface area contributed by atoms with Gasteiger partial charge in [-0.1, -0.05) is 45.1 Å². The Morgan fingerprint density at radius 1 is 1.07 bits per heavy atom. The third-order valence-corrected chi connectivity index (χ3v) is 9.02. The van der Waals surface area contributed by atoms with E-state index in [1.807, 2.05) is 0 Å². The number of fused-ring (bicyclic) bond motifs is 1. The van der Waals surface area contributed by atoms with E-state index >= 15 is 4.39 Å². The van der Waals surface area contributed by atoms with Crippen LogP contribution in [-0.4, -0.2) is 88.8 Å². The van der Waals surface area contributed by atoms with Gasteiger partial charge in [-0.25, -0.2) is 18.1 Å². The Morgan fingerprint density at radius 2 is 1.81 bits per heavy atom. The number of imide groups is 1. The molecule has 12 nitrogen and oxygen atoms in total. The molecule has 2 aromatic heterocycles. The number of rotatable bonds is 16. The number of halogens is 2. The number of likely N-dealkylation sites (N-methyl/N-ethyl adjacent to an activating group) is 1. The van der Waals surface area contributed by atoms with E-state index in [0.29, 0.717) is 37.3 Å². The van der Waals surface area contributed by atoms with Crippen molar-refractivity contribution in [3.8, 4) is 11.6 Å². The zero-order chi connectivity index (χ0) is 38.8. The fourth-order valence-corrected chi connectivity index (χ4v) is 6.54. The maximum atomic E-state index is 15.4. The van der Waals surface area contributed by atoms with Gasteiger partial charge < -0.3 is 25.4 Å². The summed E-state index contributed by atoms with van der Waals surface area (Å²) in [6.07, 6.45) is 4.60. The van der Waals surface area contributed by atoms with Gasteiger partial charge in [0.15, 0.2) is 11.6 Å². The number of carbonyl (C=O) groups is 2. The van der Waals surface area contributed by atoms with Crippen molar-refractivity contribution in [2.75, 3.05) is 51.8 Å². The van der Waals surface area contributed by atoms with Crippen LogP contribution in [0.15, 0.2) is 67.0 Å². The number of nitrogens with one attached hydrogen (secondary N) is 2. The van der Waals surface area contributed by atoms with Crippen LogP contribution in [0.3, 0.4) is 0 Å². The highest BCUT2D eigenvalue weighted by Crippen LogP contribution is 2.32. The van der Waals surface area contributed by atoms with Crippen LogP contribution >= 0.6 is 0 Å². The van der Waals surface area contributed by atoms with Crippen molar-refractivity contribution in [3.63, 3.8) is 0 Å². The van der Waals surface area contributed by atoms with Crippen molar-refractivity contribution in [1.29, 1.82) is 0 Å². The van der Waals surface area contributed by atoms with Crippen LogP contribution in [0.1, 0.15) is 56.9 Å². The summed E-state index contributed by atoms with van der Waals surface area (Å²) in [6, 6.07) is 10.7. The number of likely N-dealkylation sites (tertiary alicyclic amines) is 1. The summed E-state index contributed by atoms with van der Waals surface area (Å²) in [4.78, 5) is 33.7. The summed E-state index contributed by atoms with van der Waals surface area (Å²) in [7, 11) is 2.07. The molecule has 1 saturated heterocycles. The first-order chi connectivity index (χ1) is 25.7. The first kappa shape index (κ1) is 40.4. The molecule has 5 rings (SSSR count). The second kappa shape index (κ2) is 18.5. The zero-order valence-electron chi connectivity index (χ0n) is 31.7. The standard InChI is InChI=1S/C40H52F2N8O4/c1-27(23-40(2,3)4)24-48(5)17-19-53-18-14-33-21-29(25-49-15-12-31(43)13-16-49)37-38(44-26-45-50(33)37)54-35-11-10-32(22-34(35)42)46-39(52)47-36(51)20-28-6-8-30(41)9-7-28/h6-11,21-22,26,31H,1,12-20,23-25,43H2,2-5H3,(H2,46,47,51,52). The molecule has 1 aliphatic heterocycles. The van der Waals surface area contributed by atoms with Crippen molar-refractivity contribution in [3.05, 3.63) is 95.5 Å². The molecule has 54 heavy (non-hydrogen) atoms. The van der Waals surface area contributed by atoms with E-state index in [0.717, 1.165) is 62.8 Å². The van der Waals surface area contributed by atoms with Gasteiger partial charge in [0.1, 0.15) is 17.7 Å². The summed E-state index contributed by atoms with van der Waals surface area (Å²) in [5.41, 5.74) is 10.7. The summed E-state index contributed by atoms with van der Waals surface area (Å²) in [5.74, 6) is -1.70. The minimum atomic E-state index is -0.838. The Kier molecular flexibility index (Phi) is 13.9. The number of urea groups is 1. The number of nitrogens with zero attached hydrogens (tertiary/aromatic N) is 5. The lowest BCUT2D eigenvalue weighted by molar-refractivity contribution is -0.119. The molecule has 14 heteroatoms. The number of anilines is 1. The van der Waals surface area contributed by atoms with E-state index in [2.05, 4.69) is 71.0 Å². The van der Waals surface area contributed by atoms with E-state index in [-0.39, 0.29) is 35.2 Å². The fourth-order valence-electron chi connectivity index (χ4n) is 6.54. The van der Waals surface area contributed by atoms with Gasteiger partial charge >= 0.3 is 6.03 Å². The Hall–Kier alpha value is -4.76. The second-order valence-corrected chi connectivity index (χ2v) is 15.2. The van der Waals surface area contributed by atoms with Gasteiger partial charge in [0, 0.05) is 49.5 Å². The molecule has 1 fully saturated rings. The summed E-state index contributed by atoms with van der Waals surface area (Å²) in [6.45, 7) is 15.9. The number of aromatic nitrogens is 3. The zero-order valence-corrected chi connectivity index (χ0v) is 31.7. The maximum absolute atomic E-state index is 15.4. The first-order valence-corrected chi connectivity index (χ1v) is 18.3. The molecule has 1 aliphatic rings. The Bertz CT molecular complexity index is 1900. The Morgan fingerprint density at radius 3 is 2.52 bits per heavy atom. The monoisotopic (exact) mass is 746 g/mol. The molecule has 4 N–H and O–H groups in total. The molecule has 0 unspecified atom stereocenters. The van der Waals surface area contributed by atoms with Gasteiger partial charge in [-0.05, 0) is 86.3 Å². The summed E-state index contributed by atoms with van der Waals surface area (Å²) < 4.78 is 42.5. The molecule has 0 saturated carbocycles. The minimum absolute atomic E-state index is 0.106. The van der Waals surface area contributed by atoms with Gasteiger partial charge in [-0.15, -0.1) is 0 Å². The molecule has 0 spiro atoms. The third kappa shape index (κ3) is 12.1. The number of amides is 3. The highest BCUT2D eigenvalue weighted by atomic mass is 19.1. The van der Waals surface area contributed by atoms with Crippen LogP contribution in [0.25, 0.3) is 5.52 Å². The summed E-state index contributed by atoms with van der Waals surface area (Å²) in [5, 5.41) is 9.18. The number of hydrogen-bond acceptors (Lipinski definition) is 9. The normalized spacial score (nSPS) is 14.1. The molecular formula is C40H52F2N8O4. The van der Waals surface area contributed by atoms with E-state index < -0.39 is 23.6 Å². The van der Waals surface area contributed by atoms with Crippen molar-refractivity contribution < 1.29 is 27.8 Å². The number of benzene rings is 2. The van der Waals surface area contributed by atoms with Crippen molar-refractivity contribution in [2.45, 2.75) is 65.5 Å². The third-order valence-electron chi connectivity index (χ3n) is 9.02. The smallest absolute Gasteiger partial charge is 0.325 e. The van der Waals surface area contributed by atoms with Crippen LogP contribution in [0, 0.1) is 17.0 Å². The van der Waals surface area contributed by atoms with Gasteiger partial charge in [0.2, 0.25) is 11.8 Å². The maximum Gasteiger partial charge on any atom is 0.325 e. The highest BCUT2D eigenvalue weighted by Gasteiger charge is 2.23. The number of ether oxygens (including phenoxy) is 2. The number of piperidine rings is 1. The average Bonchev–Trinajstić information content (AvgIpc) is 3.44. The molecule has 2 aromatic carbocycles. The van der Waals surface area contributed by atoms with E-state index in [9.17, 15) is 14.0 Å². The lowest BCUT2D eigenvalue weighted by Gasteiger charge is -2.29. The molecular weight excluding hydrogens is 694 g/mol. The highest BCUT2D eigenvalue weighted by molar-refractivity contribution is 6.01. The predicted molar refractivity (Wildman–Crippen MR) is 204 cm³/mol. The molecule has 0 bridgehead atoms. The topological polar surface area (TPSA) is 139 Å². The first-order valence-electron chi connectivity index (χ1n) is 18.3. The van der Waals surface area contributed by atoms with Crippen LogP contribution < -0.4 is 21.1 Å². The molecule has 290 valence electrons.